The number of aryl methyl sites for hydroxylation is 2. The predicted octanol–water partition coefficient (Wildman–Crippen LogP) is 5.86. The number of imidazole rings is 1. The number of aliphatic hydroxyl groups is 1. The van der Waals surface area contributed by atoms with Gasteiger partial charge in [0.2, 0.25) is 0 Å². The summed E-state index contributed by atoms with van der Waals surface area (Å²) >= 11 is 1.30. The van der Waals surface area contributed by atoms with E-state index in [2.05, 4.69) is 20.2 Å². The fourth-order valence-electron chi connectivity index (χ4n) is 6.74. The van der Waals surface area contributed by atoms with Crippen LogP contribution in [0.25, 0.3) is 22.0 Å². The predicted molar refractivity (Wildman–Crippen MR) is 176 cm³/mol. The van der Waals surface area contributed by atoms with Crippen molar-refractivity contribution in [2.75, 3.05) is 38.2 Å². The zero-order valence-corrected chi connectivity index (χ0v) is 26.9. The maximum Gasteiger partial charge on any atom is 0.264 e. The summed E-state index contributed by atoms with van der Waals surface area (Å²) in [5.41, 5.74) is 3.91. The highest BCUT2D eigenvalue weighted by Gasteiger charge is 2.33. The van der Waals surface area contributed by atoms with Gasteiger partial charge in [0.1, 0.15) is 12.4 Å². The van der Waals surface area contributed by atoms with Gasteiger partial charge in [0.05, 0.1) is 17.5 Å². The molecule has 47 heavy (non-hydrogen) atoms. The highest BCUT2D eigenvalue weighted by Crippen LogP contribution is 2.38. The summed E-state index contributed by atoms with van der Waals surface area (Å²) < 4.78 is 38.7. The van der Waals surface area contributed by atoms with Crippen LogP contribution in [0.3, 0.4) is 0 Å². The Hall–Kier alpha value is -4.20. The number of alkyl halides is 2. The number of nitrogens with one attached hydrogen (secondary N) is 1. The molecule has 2 aliphatic heterocycles. The molecule has 1 atom stereocenters. The van der Waals surface area contributed by atoms with Gasteiger partial charge < -0.3 is 14.4 Å². The molecule has 13 heteroatoms. The molecule has 2 aromatic carbocycles. The highest BCUT2D eigenvalue weighted by molar-refractivity contribution is 7.13. The number of thiazole rings is 1. The van der Waals surface area contributed by atoms with Crippen molar-refractivity contribution in [2.24, 2.45) is 5.92 Å². The SMILES string of the molecule is Cc1c(-c2ccc(OCCN3CCC(CO)CC3)cc2)cc(C(F)F)c2cn(C(C(=O)Nc3nccs3)c3ncn4c3CCC4)nc12. The smallest absolute Gasteiger partial charge is 0.264 e. The van der Waals surface area contributed by atoms with Crippen molar-refractivity contribution in [3.8, 4) is 16.9 Å². The molecule has 0 radical (unpaired) electrons. The van der Waals surface area contributed by atoms with E-state index in [1.165, 1.54) is 22.1 Å². The van der Waals surface area contributed by atoms with Gasteiger partial charge in [-0.15, -0.1) is 11.3 Å². The third-order valence-corrected chi connectivity index (χ3v) is 10.1. The number of carbonyl (C=O) groups is 1. The van der Waals surface area contributed by atoms with Crippen LogP contribution in [0.15, 0.2) is 54.4 Å². The Bertz CT molecular complexity index is 1850. The Labute approximate surface area is 275 Å². The number of halogens is 2. The van der Waals surface area contributed by atoms with Crippen LogP contribution in [-0.2, 0) is 17.8 Å². The Morgan fingerprint density at radius 2 is 1.98 bits per heavy atom. The quantitative estimate of drug-likeness (QED) is 0.183. The number of ether oxygens (including phenoxy) is 1. The van der Waals surface area contributed by atoms with Crippen molar-refractivity contribution >= 4 is 33.3 Å². The average molecular weight is 662 g/mol. The number of amides is 1. The average Bonchev–Trinajstić information content (AvgIpc) is 3.89. The van der Waals surface area contributed by atoms with Crippen molar-refractivity contribution in [3.63, 3.8) is 0 Å². The number of nitrogens with zero attached hydrogens (tertiary/aromatic N) is 6. The molecule has 246 valence electrons. The normalized spacial score (nSPS) is 16.2. The van der Waals surface area contributed by atoms with E-state index in [9.17, 15) is 18.7 Å². The van der Waals surface area contributed by atoms with Gasteiger partial charge in [-0.3, -0.25) is 19.7 Å². The lowest BCUT2D eigenvalue weighted by molar-refractivity contribution is -0.118. The van der Waals surface area contributed by atoms with Crippen molar-refractivity contribution in [3.05, 3.63) is 76.9 Å². The number of likely N-dealkylation sites (tertiary alicyclic amines) is 1. The van der Waals surface area contributed by atoms with E-state index in [0.29, 0.717) is 45.6 Å². The van der Waals surface area contributed by atoms with Crippen molar-refractivity contribution in [1.29, 1.82) is 0 Å². The third-order valence-electron chi connectivity index (χ3n) is 9.37. The lowest BCUT2D eigenvalue weighted by atomic mass is 9.95. The second-order valence-electron chi connectivity index (χ2n) is 12.3. The van der Waals surface area contributed by atoms with Crippen LogP contribution in [0.4, 0.5) is 13.9 Å². The summed E-state index contributed by atoms with van der Waals surface area (Å²) in [4.78, 5) is 24.9. The summed E-state index contributed by atoms with van der Waals surface area (Å²) in [5.74, 6) is 0.717. The molecule has 0 spiro atoms. The largest absolute Gasteiger partial charge is 0.492 e. The Kier molecular flexibility index (Phi) is 9.02. The fourth-order valence-corrected chi connectivity index (χ4v) is 7.27. The molecule has 1 amide bonds. The lowest BCUT2D eigenvalue weighted by Gasteiger charge is -2.30. The van der Waals surface area contributed by atoms with Crippen LogP contribution in [0.5, 0.6) is 5.75 Å². The van der Waals surface area contributed by atoms with Gasteiger partial charge in [-0.05, 0) is 86.5 Å². The summed E-state index contributed by atoms with van der Waals surface area (Å²) in [6.07, 6.45) is 5.84. The topological polar surface area (TPSA) is 110 Å². The highest BCUT2D eigenvalue weighted by atomic mass is 32.1. The van der Waals surface area contributed by atoms with Crippen molar-refractivity contribution in [2.45, 2.75) is 51.6 Å². The summed E-state index contributed by atoms with van der Waals surface area (Å²) in [7, 11) is 0. The standard InChI is InChI=1S/C34H37F2N7O3S/c1-21-25(23-4-6-24(7-5-23)46-15-14-41-12-8-22(19-44)9-13-41)17-26(32(35)36)27-18-43(40-29(21)27)31(33(45)39-34-37-10-16-47-34)30-28-3-2-11-42(28)20-38-30/h4-7,10,16-18,20,22,31-32,44H,2-3,8-9,11-15,19H2,1H3,(H,37,39,45). The number of piperidine rings is 1. The number of hydrogen-bond acceptors (Lipinski definition) is 8. The number of aromatic nitrogens is 5. The monoisotopic (exact) mass is 661 g/mol. The number of carbonyl (C=O) groups excluding carboxylic acids is 1. The van der Waals surface area contributed by atoms with Gasteiger partial charge in [-0.25, -0.2) is 18.7 Å². The van der Waals surface area contributed by atoms with Gasteiger partial charge >= 0.3 is 0 Å². The molecule has 1 fully saturated rings. The molecule has 5 aromatic rings. The van der Waals surface area contributed by atoms with Gasteiger partial charge in [0.15, 0.2) is 11.2 Å². The molecule has 0 saturated carbocycles. The molecule has 3 aromatic heterocycles. The van der Waals surface area contributed by atoms with Crippen LogP contribution < -0.4 is 10.1 Å². The first-order valence-corrected chi connectivity index (χ1v) is 16.9. The number of aliphatic hydroxyl groups excluding tert-OH is 1. The lowest BCUT2D eigenvalue weighted by Crippen LogP contribution is -2.37. The fraction of sp³-hybridized carbons (Fsp3) is 0.412. The third kappa shape index (κ3) is 6.39. The molecule has 2 N–H and O–H groups in total. The number of hydrogen-bond donors (Lipinski definition) is 2. The van der Waals surface area contributed by atoms with Crippen molar-refractivity contribution in [1.82, 2.24) is 29.2 Å². The molecular formula is C34H37F2N7O3S. The summed E-state index contributed by atoms with van der Waals surface area (Å²) in [6.45, 7) is 6.20. The molecule has 0 aliphatic carbocycles. The minimum atomic E-state index is -2.75. The van der Waals surface area contributed by atoms with E-state index in [0.717, 1.165) is 68.7 Å². The first kappa shape index (κ1) is 31.4. The van der Waals surface area contributed by atoms with Gasteiger partial charge in [0.25, 0.3) is 12.3 Å². The van der Waals surface area contributed by atoms with E-state index in [-0.39, 0.29) is 18.1 Å². The molecule has 0 bridgehead atoms. The second kappa shape index (κ2) is 13.5. The Balaban J connectivity index is 1.17. The van der Waals surface area contributed by atoms with Crippen LogP contribution in [0.2, 0.25) is 0 Å². The number of anilines is 1. The van der Waals surface area contributed by atoms with Gasteiger partial charge in [-0.1, -0.05) is 12.1 Å². The molecule has 1 saturated heterocycles. The maximum absolute atomic E-state index is 14.6. The Morgan fingerprint density at radius 3 is 2.70 bits per heavy atom. The van der Waals surface area contributed by atoms with Gasteiger partial charge in [0, 0.05) is 54.1 Å². The zero-order chi connectivity index (χ0) is 32.5. The minimum Gasteiger partial charge on any atom is -0.492 e. The minimum absolute atomic E-state index is 0.147. The first-order valence-electron chi connectivity index (χ1n) is 16.0. The molecule has 10 nitrogen and oxygen atoms in total. The summed E-state index contributed by atoms with van der Waals surface area (Å²) in [6, 6.07) is 8.03. The molecular weight excluding hydrogens is 624 g/mol. The molecule has 7 rings (SSSR count). The molecule has 5 heterocycles. The summed E-state index contributed by atoms with van der Waals surface area (Å²) in [5, 5.41) is 19.5. The van der Waals surface area contributed by atoms with Crippen molar-refractivity contribution < 1.29 is 23.4 Å². The maximum atomic E-state index is 14.6. The number of benzene rings is 2. The van der Waals surface area contributed by atoms with E-state index in [1.807, 2.05) is 35.8 Å². The van der Waals surface area contributed by atoms with Crippen LogP contribution in [0, 0.1) is 12.8 Å². The van der Waals surface area contributed by atoms with E-state index < -0.39 is 12.5 Å². The number of rotatable bonds is 11. The van der Waals surface area contributed by atoms with Crippen LogP contribution in [-0.4, -0.2) is 73.1 Å². The second-order valence-corrected chi connectivity index (χ2v) is 13.1. The van der Waals surface area contributed by atoms with Crippen LogP contribution >= 0.6 is 11.3 Å². The van der Waals surface area contributed by atoms with Crippen LogP contribution in [0.1, 0.15) is 54.2 Å². The van der Waals surface area contributed by atoms with Gasteiger partial charge in [-0.2, -0.15) is 5.10 Å². The van der Waals surface area contributed by atoms with E-state index >= 15 is 0 Å². The van der Waals surface area contributed by atoms with E-state index in [4.69, 9.17) is 9.84 Å². The zero-order valence-electron chi connectivity index (χ0n) is 26.1. The Morgan fingerprint density at radius 1 is 1.17 bits per heavy atom. The molecule has 2 aliphatic rings. The first-order chi connectivity index (χ1) is 22.9. The van der Waals surface area contributed by atoms with E-state index in [1.54, 1.807) is 24.1 Å². The number of fused-ring (bicyclic) bond motifs is 2. The molecule has 1 unspecified atom stereocenters.